The zero-order valence-corrected chi connectivity index (χ0v) is 34.0. The standard InChI is InChI=1S/C36H62N4O15/c1-15-25(38-9)35(46-12)51-23(13-47-21(7)41)28(15)53-34-18(4)31(45-11)32(20(6)50-34)55-36-26(39-40-37)16(2)29(24(52-36)14-48-22(8)42)54-33-17(3)30(44-10)27(43)19(5)49-33/h15-20,23-36,38,43H,13-14H2,1-12H3/t15-,16-,17?,18?,19?,20?,23?,24?,25?,26?,27-,28+,29+,30+,31+,32-,33+,34+,35+,36-/m1/s1. The molecule has 0 aliphatic carbocycles. The molecular formula is C36H62N4O15. The second kappa shape index (κ2) is 20.5. The lowest BCUT2D eigenvalue weighted by Gasteiger charge is -2.51. The van der Waals surface area contributed by atoms with Crippen LogP contribution in [-0.4, -0.2) is 157 Å². The lowest BCUT2D eigenvalue weighted by atomic mass is 9.87. The summed E-state index contributed by atoms with van der Waals surface area (Å²) in [4.78, 5) is 26.8. The van der Waals surface area contributed by atoms with Crippen LogP contribution in [0.1, 0.15) is 55.4 Å². The summed E-state index contributed by atoms with van der Waals surface area (Å²) in [6, 6.07) is -1.15. The van der Waals surface area contributed by atoms with Gasteiger partial charge in [-0.1, -0.05) is 32.8 Å². The van der Waals surface area contributed by atoms with Crippen molar-refractivity contribution < 1.29 is 71.5 Å². The summed E-state index contributed by atoms with van der Waals surface area (Å²) in [6.07, 6.45) is -10.3. The largest absolute Gasteiger partial charge is 0.463 e. The van der Waals surface area contributed by atoms with E-state index in [4.69, 9.17) is 56.8 Å². The number of nitrogens with zero attached hydrogens (tertiary/aromatic N) is 3. The minimum Gasteiger partial charge on any atom is -0.463 e. The van der Waals surface area contributed by atoms with E-state index in [-0.39, 0.29) is 25.2 Å². The van der Waals surface area contributed by atoms with Crippen LogP contribution >= 0.6 is 0 Å². The molecule has 4 aliphatic rings. The van der Waals surface area contributed by atoms with E-state index < -0.39 is 122 Å². The van der Waals surface area contributed by atoms with Gasteiger partial charge in [-0.25, -0.2) is 0 Å². The molecule has 4 rings (SSSR count). The fourth-order valence-electron chi connectivity index (χ4n) is 8.21. The van der Waals surface area contributed by atoms with Gasteiger partial charge in [-0.3, -0.25) is 9.59 Å². The Hall–Kier alpha value is -2.23. The number of methoxy groups -OCH3 is 3. The number of hydrogen-bond acceptors (Lipinski definition) is 17. The molecule has 19 heteroatoms. The number of carbonyl (C=O) groups is 2. The van der Waals surface area contributed by atoms with Gasteiger partial charge in [0.15, 0.2) is 25.2 Å². The third-order valence-electron chi connectivity index (χ3n) is 11.3. The van der Waals surface area contributed by atoms with Gasteiger partial charge >= 0.3 is 11.9 Å². The first-order valence-electron chi connectivity index (χ1n) is 18.9. The van der Waals surface area contributed by atoms with Gasteiger partial charge < -0.3 is 67.3 Å². The van der Waals surface area contributed by atoms with Crippen molar-refractivity contribution in [2.45, 2.75) is 154 Å². The number of ether oxygens (including phenoxy) is 12. The van der Waals surface area contributed by atoms with Gasteiger partial charge in [0.1, 0.15) is 37.6 Å². The van der Waals surface area contributed by atoms with E-state index in [1.54, 1.807) is 28.2 Å². The van der Waals surface area contributed by atoms with Crippen LogP contribution < -0.4 is 5.32 Å². The molecule has 0 amide bonds. The molecule has 55 heavy (non-hydrogen) atoms. The zero-order chi connectivity index (χ0) is 40.7. The Balaban J connectivity index is 1.56. The molecule has 2 N–H and O–H groups in total. The molecule has 0 saturated carbocycles. The first kappa shape index (κ1) is 45.5. The van der Waals surface area contributed by atoms with Crippen molar-refractivity contribution in [3.8, 4) is 0 Å². The minimum absolute atomic E-state index is 0.0479. The smallest absolute Gasteiger partial charge is 0.302 e. The molecule has 0 aromatic rings. The van der Waals surface area contributed by atoms with Crippen LogP contribution in [0.15, 0.2) is 5.11 Å². The highest BCUT2D eigenvalue weighted by Crippen LogP contribution is 2.40. The number of nitrogens with one attached hydrogen (secondary N) is 1. The monoisotopic (exact) mass is 790 g/mol. The molecule has 0 aromatic carbocycles. The van der Waals surface area contributed by atoms with E-state index in [2.05, 4.69) is 15.3 Å². The van der Waals surface area contributed by atoms with Crippen LogP contribution in [0.3, 0.4) is 0 Å². The predicted octanol–water partition coefficient (Wildman–Crippen LogP) is 2.06. The summed E-state index contributed by atoms with van der Waals surface area (Å²) in [5.41, 5.74) is 9.70. The molecular weight excluding hydrogens is 728 g/mol. The van der Waals surface area contributed by atoms with Crippen molar-refractivity contribution in [2.75, 3.05) is 41.6 Å². The van der Waals surface area contributed by atoms with Gasteiger partial charge in [0.25, 0.3) is 0 Å². The lowest BCUT2D eigenvalue weighted by Crippen LogP contribution is -2.64. The van der Waals surface area contributed by atoms with Crippen molar-refractivity contribution in [1.29, 1.82) is 0 Å². The van der Waals surface area contributed by atoms with E-state index in [0.717, 1.165) is 0 Å². The molecule has 0 spiro atoms. The predicted molar refractivity (Wildman–Crippen MR) is 191 cm³/mol. The third kappa shape index (κ3) is 10.5. The molecule has 20 atom stereocenters. The molecule has 316 valence electrons. The number of carbonyl (C=O) groups excluding carboxylic acids is 2. The van der Waals surface area contributed by atoms with Crippen molar-refractivity contribution in [3.63, 3.8) is 0 Å². The number of hydrogen-bond donors (Lipinski definition) is 2. The SMILES string of the molecule is CNC1[C@@H](OC)OC(COC(C)=O)[C@@H](O[C@@H]2OC(C)[C@@H](O[C@H]3OC(COC(C)=O)[C@@H](O[C@@H]4OC(C)[C@@H](O)[C@@H](OC)C4C)[C@H](C)C3N=[N+]=[N-])[C@@H](OC)C2C)[C@@H]1C. The Morgan fingerprint density at radius 1 is 0.655 bits per heavy atom. The maximum absolute atomic E-state index is 12.0. The number of azide groups is 1. The highest BCUT2D eigenvalue weighted by Gasteiger charge is 2.54. The Bertz CT molecular complexity index is 1300. The van der Waals surface area contributed by atoms with Crippen molar-refractivity contribution in [1.82, 2.24) is 5.32 Å². The number of aliphatic hydroxyl groups is 1. The van der Waals surface area contributed by atoms with E-state index in [9.17, 15) is 20.2 Å². The van der Waals surface area contributed by atoms with Crippen LogP contribution in [-0.2, 0) is 66.4 Å². The number of rotatable bonds is 15. The summed E-state index contributed by atoms with van der Waals surface area (Å²) >= 11 is 0. The van der Waals surface area contributed by atoms with Crippen LogP contribution in [0.25, 0.3) is 10.4 Å². The molecule has 19 nitrogen and oxygen atoms in total. The number of likely N-dealkylation sites (N-methyl/N-ethyl adjacent to an activating group) is 1. The van der Waals surface area contributed by atoms with Gasteiger partial charge in [0.05, 0.1) is 48.7 Å². The zero-order valence-electron chi connectivity index (χ0n) is 34.0. The highest BCUT2D eigenvalue weighted by molar-refractivity contribution is 5.66. The molecule has 4 aliphatic heterocycles. The van der Waals surface area contributed by atoms with Gasteiger partial charge in [-0.15, -0.1) is 0 Å². The van der Waals surface area contributed by atoms with Crippen LogP contribution in [0.5, 0.6) is 0 Å². The molecule has 4 saturated heterocycles. The Morgan fingerprint density at radius 3 is 1.64 bits per heavy atom. The average molecular weight is 791 g/mol. The van der Waals surface area contributed by atoms with Crippen molar-refractivity contribution >= 4 is 11.9 Å². The van der Waals surface area contributed by atoms with E-state index >= 15 is 0 Å². The average Bonchev–Trinajstić information content (AvgIpc) is 3.14. The maximum Gasteiger partial charge on any atom is 0.302 e. The van der Waals surface area contributed by atoms with E-state index in [1.807, 2.05) is 34.6 Å². The molecule has 0 aromatic heterocycles. The van der Waals surface area contributed by atoms with Crippen molar-refractivity contribution in [2.24, 2.45) is 28.8 Å². The molecule has 4 heterocycles. The first-order chi connectivity index (χ1) is 26.1. The second-order valence-corrected chi connectivity index (χ2v) is 15.0. The normalized spacial score (nSPS) is 45.0. The topological polar surface area (TPSA) is 226 Å². The third-order valence-corrected chi connectivity index (χ3v) is 11.3. The highest BCUT2D eigenvalue weighted by atomic mass is 16.8. The minimum atomic E-state index is -1.14. The van der Waals surface area contributed by atoms with E-state index in [0.29, 0.717) is 0 Å². The van der Waals surface area contributed by atoms with Crippen molar-refractivity contribution in [3.05, 3.63) is 10.4 Å². The van der Waals surface area contributed by atoms with Gasteiger partial charge in [-0.05, 0) is 32.3 Å². The summed E-state index contributed by atoms with van der Waals surface area (Å²) in [7, 11) is 6.42. The summed E-state index contributed by atoms with van der Waals surface area (Å²) in [5, 5.41) is 18.0. The van der Waals surface area contributed by atoms with Crippen LogP contribution in [0.4, 0.5) is 0 Å². The molecule has 4 fully saturated rings. The number of esters is 2. The van der Waals surface area contributed by atoms with Crippen LogP contribution in [0.2, 0.25) is 0 Å². The lowest BCUT2D eigenvalue weighted by molar-refractivity contribution is -0.360. The Labute approximate surface area is 323 Å². The fourth-order valence-corrected chi connectivity index (χ4v) is 8.21. The van der Waals surface area contributed by atoms with E-state index in [1.165, 1.54) is 21.0 Å². The summed E-state index contributed by atoms with van der Waals surface area (Å²) in [6.45, 7) is 13.5. The number of aliphatic hydroxyl groups excluding tert-OH is 1. The summed E-state index contributed by atoms with van der Waals surface area (Å²) < 4.78 is 73.0. The first-order valence-corrected chi connectivity index (χ1v) is 18.9. The second-order valence-electron chi connectivity index (χ2n) is 15.0. The molecule has 0 bridgehead atoms. The quantitative estimate of drug-likeness (QED) is 0.105. The van der Waals surface area contributed by atoms with Gasteiger partial charge in [0, 0.05) is 57.8 Å². The molecule has 8 unspecified atom stereocenters. The van der Waals surface area contributed by atoms with Gasteiger partial charge in [0.2, 0.25) is 0 Å². The molecule has 0 radical (unpaired) electrons. The van der Waals surface area contributed by atoms with Gasteiger partial charge in [-0.2, -0.15) is 0 Å². The Kier molecular flexibility index (Phi) is 16.9. The maximum atomic E-state index is 12.0. The summed E-state index contributed by atoms with van der Waals surface area (Å²) in [5.74, 6) is -2.48. The van der Waals surface area contributed by atoms with Crippen LogP contribution in [0, 0.1) is 23.7 Å². The Morgan fingerprint density at radius 2 is 1.15 bits per heavy atom. The fraction of sp³-hybridized carbons (Fsp3) is 0.944.